The molecule has 1 saturated heterocycles. The van der Waals surface area contributed by atoms with Gasteiger partial charge in [-0.1, -0.05) is 0 Å². The van der Waals surface area contributed by atoms with E-state index >= 15 is 0 Å². The highest BCUT2D eigenvalue weighted by molar-refractivity contribution is 9.10. The van der Waals surface area contributed by atoms with E-state index in [-0.39, 0.29) is 5.91 Å². The summed E-state index contributed by atoms with van der Waals surface area (Å²) in [5, 5.41) is 0. The molecule has 0 radical (unpaired) electrons. The van der Waals surface area contributed by atoms with E-state index in [0.29, 0.717) is 17.1 Å². The van der Waals surface area contributed by atoms with Gasteiger partial charge < -0.3 is 14.4 Å². The van der Waals surface area contributed by atoms with Gasteiger partial charge in [-0.2, -0.15) is 11.8 Å². The molecule has 1 aliphatic heterocycles. The van der Waals surface area contributed by atoms with Gasteiger partial charge in [-0.25, -0.2) is 0 Å². The molecule has 0 spiro atoms. The van der Waals surface area contributed by atoms with Crippen LogP contribution >= 0.6 is 27.7 Å². The summed E-state index contributed by atoms with van der Waals surface area (Å²) in [5.41, 5.74) is 0.492. The molecule has 1 heterocycles. The predicted molar refractivity (Wildman–Crippen MR) is 80.5 cm³/mol. The van der Waals surface area contributed by atoms with E-state index in [4.69, 9.17) is 9.47 Å². The number of carbonyl (C=O) groups is 1. The van der Waals surface area contributed by atoms with E-state index in [1.54, 1.807) is 20.3 Å². The van der Waals surface area contributed by atoms with Crippen LogP contribution in [0.1, 0.15) is 10.4 Å². The molecular weight excluding hydrogens is 330 g/mol. The van der Waals surface area contributed by atoms with E-state index < -0.39 is 0 Å². The predicted octanol–water partition coefficient (Wildman–Crippen LogP) is 2.66. The summed E-state index contributed by atoms with van der Waals surface area (Å²) < 4.78 is 11.4. The van der Waals surface area contributed by atoms with Gasteiger partial charge in [-0.3, -0.25) is 4.79 Å². The van der Waals surface area contributed by atoms with Crippen LogP contribution in [0, 0.1) is 0 Å². The van der Waals surface area contributed by atoms with Crippen LogP contribution in [0.4, 0.5) is 0 Å². The van der Waals surface area contributed by atoms with Crippen molar-refractivity contribution in [1.82, 2.24) is 4.90 Å². The molecule has 0 aliphatic carbocycles. The molecule has 2 rings (SSSR count). The van der Waals surface area contributed by atoms with Gasteiger partial charge in [-0.05, 0) is 28.1 Å². The minimum absolute atomic E-state index is 0.0321. The molecule has 0 bridgehead atoms. The maximum Gasteiger partial charge on any atom is 0.261 e. The Morgan fingerprint density at radius 3 is 2.53 bits per heavy atom. The Balaban J connectivity index is 2.40. The number of methoxy groups -OCH3 is 2. The standard InChI is InChI=1S/C13H16BrNO3S/c1-17-10-4-3-9(14)12(18-2)11(10)13(16)15-5-7-19-8-6-15/h3-4H,5-8H2,1-2H3. The highest BCUT2D eigenvalue weighted by Gasteiger charge is 2.26. The average molecular weight is 346 g/mol. The number of halogens is 1. The van der Waals surface area contributed by atoms with Crippen LogP contribution < -0.4 is 9.47 Å². The zero-order valence-electron chi connectivity index (χ0n) is 10.9. The van der Waals surface area contributed by atoms with Crippen LogP contribution in [-0.4, -0.2) is 49.6 Å². The lowest BCUT2D eigenvalue weighted by Gasteiger charge is -2.27. The normalized spacial score (nSPS) is 15.2. The number of hydrogen-bond acceptors (Lipinski definition) is 4. The number of hydrogen-bond donors (Lipinski definition) is 0. The zero-order chi connectivity index (χ0) is 13.8. The molecule has 0 aromatic heterocycles. The average Bonchev–Trinajstić information content (AvgIpc) is 2.47. The van der Waals surface area contributed by atoms with Crippen molar-refractivity contribution in [3.8, 4) is 11.5 Å². The van der Waals surface area contributed by atoms with Crippen molar-refractivity contribution in [3.05, 3.63) is 22.2 Å². The summed E-state index contributed by atoms with van der Waals surface area (Å²) in [6, 6.07) is 3.60. The fourth-order valence-electron chi connectivity index (χ4n) is 2.04. The number of carbonyl (C=O) groups excluding carboxylic acids is 1. The van der Waals surface area contributed by atoms with Crippen molar-refractivity contribution >= 4 is 33.6 Å². The van der Waals surface area contributed by atoms with Crippen molar-refractivity contribution in [1.29, 1.82) is 0 Å². The van der Waals surface area contributed by atoms with Crippen LogP contribution in [0.25, 0.3) is 0 Å². The lowest BCUT2D eigenvalue weighted by molar-refractivity contribution is 0.0765. The maximum atomic E-state index is 12.6. The molecule has 1 aromatic carbocycles. The Bertz CT molecular complexity index is 475. The van der Waals surface area contributed by atoms with Gasteiger partial charge >= 0.3 is 0 Å². The second-order valence-corrected chi connectivity index (χ2v) is 6.14. The van der Waals surface area contributed by atoms with E-state index in [1.165, 1.54) is 0 Å². The smallest absolute Gasteiger partial charge is 0.261 e. The Morgan fingerprint density at radius 1 is 1.26 bits per heavy atom. The number of ether oxygens (including phenoxy) is 2. The fourth-order valence-corrected chi connectivity index (χ4v) is 3.43. The Morgan fingerprint density at radius 2 is 1.95 bits per heavy atom. The second kappa shape index (κ2) is 6.52. The third-order valence-electron chi connectivity index (χ3n) is 3.01. The highest BCUT2D eigenvalue weighted by atomic mass is 79.9. The van der Waals surface area contributed by atoms with E-state index in [9.17, 15) is 4.79 Å². The molecule has 6 heteroatoms. The quantitative estimate of drug-likeness (QED) is 0.844. The number of amides is 1. The van der Waals surface area contributed by atoms with Crippen LogP contribution in [0.2, 0.25) is 0 Å². The molecule has 0 saturated carbocycles. The highest BCUT2D eigenvalue weighted by Crippen LogP contribution is 2.36. The summed E-state index contributed by atoms with van der Waals surface area (Å²) in [5.74, 6) is 3.00. The molecule has 1 aliphatic rings. The number of nitrogens with zero attached hydrogens (tertiary/aromatic N) is 1. The Kier molecular flexibility index (Phi) is 4.99. The molecule has 0 unspecified atom stereocenters. The lowest BCUT2D eigenvalue weighted by Crippen LogP contribution is -2.38. The van der Waals surface area contributed by atoms with Gasteiger partial charge in [0.15, 0.2) is 0 Å². The van der Waals surface area contributed by atoms with Crippen molar-refractivity contribution in [2.75, 3.05) is 38.8 Å². The summed E-state index contributed by atoms with van der Waals surface area (Å²) in [7, 11) is 3.12. The second-order valence-electron chi connectivity index (χ2n) is 4.06. The molecule has 0 N–H and O–H groups in total. The van der Waals surface area contributed by atoms with E-state index in [0.717, 1.165) is 29.1 Å². The molecule has 19 heavy (non-hydrogen) atoms. The largest absolute Gasteiger partial charge is 0.496 e. The molecule has 1 amide bonds. The van der Waals surface area contributed by atoms with Crippen molar-refractivity contribution in [2.45, 2.75) is 0 Å². The van der Waals surface area contributed by atoms with Crippen molar-refractivity contribution < 1.29 is 14.3 Å². The fraction of sp³-hybridized carbons (Fsp3) is 0.462. The van der Waals surface area contributed by atoms with E-state index in [2.05, 4.69) is 15.9 Å². The number of rotatable bonds is 3. The summed E-state index contributed by atoms with van der Waals surface area (Å²) in [6.07, 6.45) is 0. The van der Waals surface area contributed by atoms with Crippen LogP contribution in [0.15, 0.2) is 16.6 Å². The van der Waals surface area contributed by atoms with E-state index in [1.807, 2.05) is 22.7 Å². The summed E-state index contributed by atoms with van der Waals surface area (Å²) in [4.78, 5) is 14.5. The summed E-state index contributed by atoms with van der Waals surface area (Å²) in [6.45, 7) is 1.53. The van der Waals surface area contributed by atoms with Gasteiger partial charge in [0, 0.05) is 24.6 Å². The Labute approximate surface area is 125 Å². The number of benzene rings is 1. The van der Waals surface area contributed by atoms with Gasteiger partial charge in [0.25, 0.3) is 5.91 Å². The molecule has 4 nitrogen and oxygen atoms in total. The number of thioether (sulfide) groups is 1. The minimum Gasteiger partial charge on any atom is -0.496 e. The monoisotopic (exact) mass is 345 g/mol. The molecule has 1 fully saturated rings. The molecule has 0 atom stereocenters. The molecule has 1 aromatic rings. The third kappa shape index (κ3) is 3.00. The topological polar surface area (TPSA) is 38.8 Å². The van der Waals surface area contributed by atoms with Crippen molar-refractivity contribution in [3.63, 3.8) is 0 Å². The first-order chi connectivity index (χ1) is 9.19. The third-order valence-corrected chi connectivity index (χ3v) is 4.57. The SMILES string of the molecule is COc1ccc(Br)c(OC)c1C(=O)N1CCSCC1. The van der Waals surface area contributed by atoms with Crippen LogP contribution in [0.3, 0.4) is 0 Å². The first-order valence-corrected chi connectivity index (χ1v) is 7.91. The molecular formula is C13H16BrNO3S. The van der Waals surface area contributed by atoms with Gasteiger partial charge in [0.05, 0.1) is 18.7 Å². The molecule has 104 valence electrons. The first kappa shape index (κ1) is 14.5. The maximum absolute atomic E-state index is 12.6. The lowest BCUT2D eigenvalue weighted by atomic mass is 10.1. The van der Waals surface area contributed by atoms with Gasteiger partial charge in [-0.15, -0.1) is 0 Å². The van der Waals surface area contributed by atoms with Crippen LogP contribution in [-0.2, 0) is 0 Å². The van der Waals surface area contributed by atoms with Crippen molar-refractivity contribution in [2.24, 2.45) is 0 Å². The van der Waals surface area contributed by atoms with Gasteiger partial charge in [0.2, 0.25) is 0 Å². The minimum atomic E-state index is -0.0321. The van der Waals surface area contributed by atoms with Gasteiger partial charge in [0.1, 0.15) is 17.1 Å². The zero-order valence-corrected chi connectivity index (χ0v) is 13.3. The Hall–Kier alpha value is -0.880. The summed E-state index contributed by atoms with van der Waals surface area (Å²) >= 11 is 5.28. The first-order valence-electron chi connectivity index (χ1n) is 5.96. The van der Waals surface area contributed by atoms with Crippen LogP contribution in [0.5, 0.6) is 11.5 Å².